The minimum atomic E-state index is -0.0116. The third kappa shape index (κ3) is 1.81. The van der Waals surface area contributed by atoms with E-state index in [0.29, 0.717) is 5.69 Å². The molecule has 0 radical (unpaired) electrons. The number of hydrogen-bond acceptors (Lipinski definition) is 4. The molecule has 2 heterocycles. The van der Waals surface area contributed by atoms with Crippen molar-refractivity contribution in [1.29, 1.82) is 0 Å². The number of aryl methyl sites for hydroxylation is 1. The van der Waals surface area contributed by atoms with E-state index in [0.717, 1.165) is 16.3 Å². The topological polar surface area (TPSA) is 46.0 Å². The van der Waals surface area contributed by atoms with Crippen LogP contribution in [-0.2, 0) is 6.61 Å². The summed E-state index contributed by atoms with van der Waals surface area (Å²) in [7, 11) is 0. The van der Waals surface area contributed by atoms with E-state index in [4.69, 9.17) is 5.11 Å². The van der Waals surface area contributed by atoms with Gasteiger partial charge < -0.3 is 5.11 Å². The van der Waals surface area contributed by atoms with Crippen LogP contribution in [0.5, 0.6) is 0 Å². The normalized spacial score (nSPS) is 10.4. The molecule has 0 aliphatic carbocycles. The lowest BCUT2D eigenvalue weighted by molar-refractivity contribution is 0.278. The van der Waals surface area contributed by atoms with Crippen molar-refractivity contribution in [3.8, 4) is 10.7 Å². The van der Waals surface area contributed by atoms with Gasteiger partial charge in [-0.05, 0) is 24.6 Å². The van der Waals surface area contributed by atoms with Gasteiger partial charge in [0.25, 0.3) is 0 Å². The summed E-state index contributed by atoms with van der Waals surface area (Å²) >= 11 is 1.50. The molecule has 0 unspecified atom stereocenters. The van der Waals surface area contributed by atoms with Gasteiger partial charge in [-0.2, -0.15) is 0 Å². The van der Waals surface area contributed by atoms with Gasteiger partial charge in [0.15, 0.2) is 0 Å². The Hall–Kier alpha value is -1.26. The minimum absolute atomic E-state index is 0.0116. The predicted molar refractivity (Wildman–Crippen MR) is 56.0 cm³/mol. The Morgan fingerprint density at radius 1 is 1.50 bits per heavy atom. The fraction of sp³-hybridized carbons (Fsp3) is 0.200. The van der Waals surface area contributed by atoms with Gasteiger partial charge in [-0.1, -0.05) is 0 Å². The zero-order valence-electron chi connectivity index (χ0n) is 7.77. The van der Waals surface area contributed by atoms with Crippen molar-refractivity contribution < 1.29 is 5.11 Å². The third-order valence-electron chi connectivity index (χ3n) is 1.85. The van der Waals surface area contributed by atoms with Crippen LogP contribution in [0.2, 0.25) is 0 Å². The third-order valence-corrected chi connectivity index (χ3v) is 2.76. The molecule has 0 bridgehead atoms. The second-order valence-corrected chi connectivity index (χ2v) is 3.88. The minimum Gasteiger partial charge on any atom is -0.390 e. The summed E-state index contributed by atoms with van der Waals surface area (Å²) in [6.45, 7) is 2.01. The number of aromatic nitrogens is 2. The zero-order chi connectivity index (χ0) is 9.97. The van der Waals surface area contributed by atoms with Crippen molar-refractivity contribution in [2.75, 3.05) is 0 Å². The fourth-order valence-corrected chi connectivity index (χ4v) is 1.93. The molecule has 0 aliphatic rings. The first-order valence-corrected chi connectivity index (χ1v) is 5.16. The molecule has 0 atom stereocenters. The number of pyridine rings is 1. The molecule has 72 valence electrons. The summed E-state index contributed by atoms with van der Waals surface area (Å²) < 4.78 is 0. The average Bonchev–Trinajstić information content (AvgIpc) is 2.66. The van der Waals surface area contributed by atoms with E-state index in [-0.39, 0.29) is 6.61 Å². The molecule has 0 saturated carbocycles. The Morgan fingerprint density at radius 2 is 2.36 bits per heavy atom. The molecule has 0 saturated heterocycles. The Bertz CT molecular complexity index is 439. The summed E-state index contributed by atoms with van der Waals surface area (Å²) in [5.41, 5.74) is 2.73. The van der Waals surface area contributed by atoms with Crippen molar-refractivity contribution in [2.24, 2.45) is 0 Å². The van der Waals surface area contributed by atoms with E-state index < -0.39 is 0 Å². The maximum Gasteiger partial charge on any atom is 0.142 e. The molecule has 2 aromatic rings. The highest BCUT2D eigenvalue weighted by Gasteiger charge is 2.04. The van der Waals surface area contributed by atoms with Gasteiger partial charge >= 0.3 is 0 Å². The molecular formula is C10H10N2OS. The molecular weight excluding hydrogens is 196 g/mol. The number of rotatable bonds is 2. The molecule has 4 heteroatoms. The SMILES string of the molecule is Cc1ccnc(-c2nc(CO)cs2)c1. The molecule has 1 N–H and O–H groups in total. The summed E-state index contributed by atoms with van der Waals surface area (Å²) in [6.07, 6.45) is 1.77. The van der Waals surface area contributed by atoms with Crippen molar-refractivity contribution in [3.63, 3.8) is 0 Å². The molecule has 0 spiro atoms. The van der Waals surface area contributed by atoms with Crippen LogP contribution < -0.4 is 0 Å². The van der Waals surface area contributed by atoms with E-state index in [2.05, 4.69) is 9.97 Å². The van der Waals surface area contributed by atoms with E-state index in [1.54, 1.807) is 6.20 Å². The lowest BCUT2D eigenvalue weighted by Gasteiger charge is -1.95. The van der Waals surface area contributed by atoms with Crippen LogP contribution in [0.15, 0.2) is 23.7 Å². The smallest absolute Gasteiger partial charge is 0.142 e. The van der Waals surface area contributed by atoms with Crippen LogP contribution >= 0.6 is 11.3 Å². The highest BCUT2D eigenvalue weighted by atomic mass is 32.1. The largest absolute Gasteiger partial charge is 0.390 e. The van der Waals surface area contributed by atoms with Gasteiger partial charge in [0, 0.05) is 11.6 Å². The van der Waals surface area contributed by atoms with E-state index in [9.17, 15) is 0 Å². The van der Waals surface area contributed by atoms with E-state index >= 15 is 0 Å². The average molecular weight is 206 g/mol. The molecule has 0 fully saturated rings. The summed E-state index contributed by atoms with van der Waals surface area (Å²) in [5.74, 6) is 0. The maximum atomic E-state index is 8.88. The molecule has 3 nitrogen and oxygen atoms in total. The molecule has 0 aromatic carbocycles. The second kappa shape index (κ2) is 3.86. The fourth-order valence-electron chi connectivity index (χ4n) is 1.15. The van der Waals surface area contributed by atoms with E-state index in [1.807, 2.05) is 24.4 Å². The second-order valence-electron chi connectivity index (χ2n) is 3.02. The predicted octanol–water partition coefficient (Wildman–Crippen LogP) is 2.01. The molecule has 2 rings (SSSR count). The number of nitrogens with zero attached hydrogens (tertiary/aromatic N) is 2. The van der Waals surface area contributed by atoms with Gasteiger partial charge in [-0.25, -0.2) is 4.98 Å². The van der Waals surface area contributed by atoms with Gasteiger partial charge in [0.05, 0.1) is 18.0 Å². The Morgan fingerprint density at radius 3 is 3.00 bits per heavy atom. The van der Waals surface area contributed by atoms with Crippen molar-refractivity contribution in [1.82, 2.24) is 9.97 Å². The van der Waals surface area contributed by atoms with Gasteiger partial charge in [0.2, 0.25) is 0 Å². The maximum absolute atomic E-state index is 8.88. The van der Waals surface area contributed by atoms with Crippen LogP contribution in [-0.4, -0.2) is 15.1 Å². The van der Waals surface area contributed by atoms with Gasteiger partial charge in [-0.3, -0.25) is 4.98 Å². The molecule has 0 amide bonds. The number of aliphatic hydroxyl groups excluding tert-OH is 1. The van der Waals surface area contributed by atoms with Crippen molar-refractivity contribution in [2.45, 2.75) is 13.5 Å². The van der Waals surface area contributed by atoms with E-state index in [1.165, 1.54) is 11.3 Å². The van der Waals surface area contributed by atoms with Crippen LogP contribution in [0, 0.1) is 6.92 Å². The lowest BCUT2D eigenvalue weighted by atomic mass is 10.2. The monoisotopic (exact) mass is 206 g/mol. The number of thiazole rings is 1. The standard InChI is InChI=1S/C10H10N2OS/c1-7-2-3-11-9(4-7)10-12-8(5-13)6-14-10/h2-4,6,13H,5H2,1H3. The summed E-state index contributed by atoms with van der Waals surface area (Å²) in [4.78, 5) is 8.47. The first kappa shape index (κ1) is 9.30. The van der Waals surface area contributed by atoms with Crippen LogP contribution in [0.1, 0.15) is 11.3 Å². The van der Waals surface area contributed by atoms with Gasteiger partial charge in [0.1, 0.15) is 5.01 Å². The summed E-state index contributed by atoms with van der Waals surface area (Å²) in [5, 5.41) is 11.6. The first-order valence-electron chi connectivity index (χ1n) is 4.28. The quantitative estimate of drug-likeness (QED) is 0.817. The number of aliphatic hydroxyl groups is 1. The van der Waals surface area contributed by atoms with Crippen molar-refractivity contribution >= 4 is 11.3 Å². The lowest BCUT2D eigenvalue weighted by Crippen LogP contribution is -1.85. The molecule has 2 aromatic heterocycles. The van der Waals surface area contributed by atoms with Crippen LogP contribution in [0.25, 0.3) is 10.7 Å². The number of hydrogen-bond donors (Lipinski definition) is 1. The molecule has 14 heavy (non-hydrogen) atoms. The van der Waals surface area contributed by atoms with Crippen LogP contribution in [0.4, 0.5) is 0 Å². The zero-order valence-corrected chi connectivity index (χ0v) is 8.58. The Labute approximate surface area is 86.1 Å². The molecule has 0 aliphatic heterocycles. The Balaban J connectivity index is 2.39. The first-order chi connectivity index (χ1) is 6.79. The van der Waals surface area contributed by atoms with Crippen LogP contribution in [0.3, 0.4) is 0 Å². The summed E-state index contributed by atoms with van der Waals surface area (Å²) in [6, 6.07) is 3.93. The van der Waals surface area contributed by atoms with Crippen molar-refractivity contribution in [3.05, 3.63) is 35.0 Å². The highest BCUT2D eigenvalue weighted by Crippen LogP contribution is 2.22. The van der Waals surface area contributed by atoms with Gasteiger partial charge in [-0.15, -0.1) is 11.3 Å². The highest BCUT2D eigenvalue weighted by molar-refractivity contribution is 7.13. The Kier molecular flexibility index (Phi) is 2.56.